The number of nitrogen functional groups attached to an aromatic ring is 1. The summed E-state index contributed by atoms with van der Waals surface area (Å²) in [6.45, 7) is 3.76. The lowest BCUT2D eigenvalue weighted by Crippen LogP contribution is -2.34. The van der Waals surface area contributed by atoms with Crippen molar-refractivity contribution in [3.05, 3.63) is 195 Å². The number of rotatable bonds is 14. The fourth-order valence-electron chi connectivity index (χ4n) is 6.25. The molecule has 9 aromatic rings. The number of hydrogen-bond acceptors (Lipinski definition) is 26. The number of carbonyl (C=O) groups is 1. The Labute approximate surface area is 557 Å². The van der Waals surface area contributed by atoms with E-state index in [1.54, 1.807) is 42.5 Å². The molecule has 11 N–H and O–H groups in total. The van der Waals surface area contributed by atoms with Crippen LogP contribution in [0.5, 0.6) is 11.5 Å². The summed E-state index contributed by atoms with van der Waals surface area (Å²) in [5.41, 5.74) is 15.7. The summed E-state index contributed by atoms with van der Waals surface area (Å²) in [4.78, 5) is 58.7. The first-order chi connectivity index (χ1) is 43.0. The SMILES string of the molecule is COc1ccc(S(=O)(=O)Nc2n[nH]c(-c3cccc([N+](=O)[O-])c3)n2)cc1OC.Cc1ccc(S(=O)(=O)Cl)cc1C.NNC(N)=S.Nc1n[nH]c(-c2cccc([N+](=O)[O-])c2)n1.O=C(Cl)c1cccc([N+](=O)[O-])c1.O=P(Cl)(Cl)Cl.O=[N+]([O-])c1cccc(-c2n[nH]c(=S)s2)c1. The number of methoxy groups -OCH3 is 2. The molecule has 0 bridgehead atoms. The van der Waals surface area contributed by atoms with Gasteiger partial charge in [0.1, 0.15) is 5.01 Å². The molecule has 3 aromatic heterocycles. The molecule has 0 aliphatic heterocycles. The van der Waals surface area contributed by atoms with Crippen molar-refractivity contribution >= 4 is 161 Å². The van der Waals surface area contributed by atoms with E-state index >= 15 is 0 Å². The average molecular weight is 1480 g/mol. The highest BCUT2D eigenvalue weighted by Gasteiger charge is 2.21. The van der Waals surface area contributed by atoms with Gasteiger partial charge in [0.25, 0.3) is 53.0 Å². The minimum absolute atomic E-state index is 0.00229. The predicted octanol–water partition coefficient (Wildman–Crippen LogP) is 11.6. The number of nitrogens with two attached hydrogens (primary N) is 3. The molecule has 6 aromatic carbocycles. The molecule has 0 amide bonds. The zero-order valence-corrected chi connectivity index (χ0v) is 55.6. The number of non-ortho nitro benzene ring substituents is 4. The van der Waals surface area contributed by atoms with Crippen molar-refractivity contribution in [2.75, 3.05) is 24.7 Å². The summed E-state index contributed by atoms with van der Waals surface area (Å²) in [6, 6.07) is 32.2. The number of nitrogens with one attached hydrogen (secondary N) is 5. The third-order valence-electron chi connectivity index (χ3n) is 10.5. The molecule has 488 valence electrons. The molecular weight excluding hydrogens is 1440 g/mol. The van der Waals surface area contributed by atoms with E-state index in [1.807, 2.05) is 19.3 Å². The first kappa shape index (κ1) is 77.3. The third kappa shape index (κ3) is 26.9. The van der Waals surface area contributed by atoms with Crippen LogP contribution in [0.25, 0.3) is 33.3 Å². The minimum atomic E-state index is -4.00. The number of sulfonamides is 1. The van der Waals surface area contributed by atoms with Crippen molar-refractivity contribution in [2.24, 2.45) is 11.6 Å². The van der Waals surface area contributed by atoms with Crippen LogP contribution in [0.15, 0.2) is 143 Å². The van der Waals surface area contributed by atoms with E-state index < -0.39 is 49.2 Å². The maximum absolute atomic E-state index is 12.6. The first-order valence-corrected chi connectivity index (χ1v) is 34.3. The topological polar surface area (TPSA) is 507 Å². The van der Waals surface area contributed by atoms with Gasteiger partial charge in [0.2, 0.25) is 5.95 Å². The molecule has 0 spiro atoms. The van der Waals surface area contributed by atoms with Crippen molar-refractivity contribution in [1.82, 2.24) is 46.0 Å². The van der Waals surface area contributed by atoms with Gasteiger partial charge in [-0.15, -0.1) is 10.2 Å². The zero-order valence-electron chi connectivity index (χ0n) is 46.9. The number of aryl methyl sites for hydroxylation is 2. The number of nitrogens with zero attached hydrogens (tertiary/aromatic N) is 9. The molecule has 0 saturated heterocycles. The summed E-state index contributed by atoms with van der Waals surface area (Å²) in [5, 5.41) is 58.2. The number of benzene rings is 6. The highest BCUT2D eigenvalue weighted by atomic mass is 36.0. The van der Waals surface area contributed by atoms with Gasteiger partial charge in [0, 0.05) is 87.5 Å². The van der Waals surface area contributed by atoms with Crippen molar-refractivity contribution in [1.29, 1.82) is 0 Å². The minimum Gasteiger partial charge on any atom is -0.493 e. The molecule has 0 atom stereocenters. The van der Waals surface area contributed by atoms with Gasteiger partial charge in [-0.05, 0) is 125 Å². The summed E-state index contributed by atoms with van der Waals surface area (Å²) in [6.07, 6.45) is 0. The van der Waals surface area contributed by atoms with Crippen LogP contribution in [0.2, 0.25) is 0 Å². The van der Waals surface area contributed by atoms with Crippen molar-refractivity contribution < 1.29 is 55.4 Å². The van der Waals surface area contributed by atoms with Gasteiger partial charge in [0.15, 0.2) is 32.2 Å². The molecular formula is C48H45Cl5N17O16PS5. The number of hydrazine groups is 1. The Hall–Kier alpha value is -8.92. The van der Waals surface area contributed by atoms with Crippen LogP contribution in [-0.2, 0) is 23.6 Å². The zero-order chi connectivity index (χ0) is 69.3. The number of anilines is 2. The fraction of sp³-hybridized carbons (Fsp3) is 0.0833. The van der Waals surface area contributed by atoms with Gasteiger partial charge in [-0.25, -0.2) is 27.4 Å². The van der Waals surface area contributed by atoms with Crippen LogP contribution in [0.4, 0.5) is 34.6 Å². The largest absolute Gasteiger partial charge is 0.493 e. The van der Waals surface area contributed by atoms with E-state index in [4.69, 9.17) is 55.4 Å². The molecule has 3 heterocycles. The summed E-state index contributed by atoms with van der Waals surface area (Å²) in [5.74, 6) is 5.77. The van der Waals surface area contributed by atoms with E-state index in [0.717, 1.165) is 17.2 Å². The van der Waals surface area contributed by atoms with Gasteiger partial charge in [-0.1, -0.05) is 59.9 Å². The fourth-order valence-corrected chi connectivity index (χ4v) is 9.05. The van der Waals surface area contributed by atoms with Crippen LogP contribution >= 0.6 is 97.0 Å². The third-order valence-corrected chi connectivity index (χ3v) is 14.6. The van der Waals surface area contributed by atoms with Crippen molar-refractivity contribution in [3.8, 4) is 44.8 Å². The number of H-pyrrole nitrogens is 3. The predicted molar refractivity (Wildman–Crippen MR) is 353 cm³/mol. The quantitative estimate of drug-likeness (QED) is 0.0125. The number of hydrogen-bond donors (Lipinski definition) is 8. The van der Waals surface area contributed by atoms with Crippen LogP contribution in [0.1, 0.15) is 21.5 Å². The lowest BCUT2D eigenvalue weighted by atomic mass is 10.1. The summed E-state index contributed by atoms with van der Waals surface area (Å²) >= 11 is 29.4. The Morgan fingerprint density at radius 3 is 1.50 bits per heavy atom. The van der Waals surface area contributed by atoms with E-state index in [-0.39, 0.29) is 66.7 Å². The molecule has 0 radical (unpaired) electrons. The Morgan fingerprint density at radius 1 is 0.641 bits per heavy atom. The molecule has 0 saturated carbocycles. The van der Waals surface area contributed by atoms with Gasteiger partial charge < -0.3 is 26.4 Å². The number of nitro benzene ring substituents is 4. The standard InChI is InChI=1S/C16H15N5O6S.C8H9ClO2S.C8H7N5O2.C8H5N3O2S2.C7H4ClNO3.CH5N3S.Cl3OP/c1-26-13-7-6-12(9-14(13)27-2)28(24,25)20-16-17-15(18-19-16)10-4-3-5-11(8-10)21(22)23;1-6-3-4-8(5-7(6)2)12(9,10)11;9-8-10-7(11-12-8)5-2-1-3-6(4-5)13(14)15;12-11(13)6-3-1-2-5(4-6)7-9-10-8(14)15-7;8-7(10)5-2-1-3-6(4-5)9(11)12;2-1(5)4-3;1-5(2,3)4/h3-9H,1-2H3,(H2,17,18,19,20);3-5H,1-2H3;1-4H,(H3,9,10,11,12);1-4H,(H,10,14);1-4H;3H2,(H3,2,4,5);. The highest BCUT2D eigenvalue weighted by Crippen LogP contribution is 2.61. The Balaban J connectivity index is 0.000000300. The second kappa shape index (κ2) is 36.2. The van der Waals surface area contributed by atoms with E-state index in [2.05, 4.69) is 97.1 Å². The molecule has 33 nitrogen and oxygen atoms in total. The normalized spacial score (nSPS) is 10.4. The maximum atomic E-state index is 12.6. The number of halogens is 5. The molecule has 0 unspecified atom stereocenters. The highest BCUT2D eigenvalue weighted by molar-refractivity contribution is 8.24. The number of thiocarbonyl (C=S) groups is 1. The van der Waals surface area contributed by atoms with Gasteiger partial charge in [-0.2, -0.15) is 15.1 Å². The number of aromatic amines is 3. The smallest absolute Gasteiger partial charge is 0.339 e. The van der Waals surface area contributed by atoms with E-state index in [1.165, 1.54) is 110 Å². The van der Waals surface area contributed by atoms with Crippen LogP contribution in [0, 0.1) is 58.3 Å². The Bertz CT molecular complexity index is 4410. The number of ether oxygens (including phenoxy) is 2. The maximum Gasteiger partial charge on any atom is 0.339 e. The van der Waals surface area contributed by atoms with Crippen LogP contribution in [-0.4, -0.2) is 102 Å². The van der Waals surface area contributed by atoms with Crippen LogP contribution < -0.4 is 36.9 Å². The number of carbonyl (C=O) groups excluding carboxylic acids is 1. The second-order valence-electron chi connectivity index (χ2n) is 16.7. The molecule has 9 rings (SSSR count). The molecule has 44 heteroatoms. The van der Waals surface area contributed by atoms with Crippen LogP contribution in [0.3, 0.4) is 0 Å². The van der Waals surface area contributed by atoms with E-state index in [9.17, 15) is 66.7 Å². The second-order valence-corrected chi connectivity index (χ2v) is 30.0. The summed E-state index contributed by atoms with van der Waals surface area (Å²) in [7, 11) is 0.414. The molecule has 0 aliphatic rings. The lowest BCUT2D eigenvalue weighted by molar-refractivity contribution is -0.385. The molecule has 0 aliphatic carbocycles. The van der Waals surface area contributed by atoms with Crippen molar-refractivity contribution in [3.63, 3.8) is 0 Å². The monoisotopic (exact) mass is 1480 g/mol. The van der Waals surface area contributed by atoms with E-state index in [0.29, 0.717) is 37.2 Å². The Morgan fingerprint density at radius 2 is 1.09 bits per heavy atom. The molecule has 92 heavy (non-hydrogen) atoms. The lowest BCUT2D eigenvalue weighted by Gasteiger charge is -2.10. The van der Waals surface area contributed by atoms with Gasteiger partial charge in [0.05, 0.1) is 43.7 Å². The Kier molecular flexibility index (Phi) is 30.4. The average Bonchev–Trinajstić information content (AvgIpc) is 1.39. The molecule has 0 fully saturated rings. The summed E-state index contributed by atoms with van der Waals surface area (Å²) < 4.78 is 69.4. The number of nitro groups is 4. The van der Waals surface area contributed by atoms with Gasteiger partial charge in [-0.3, -0.25) is 65.1 Å². The van der Waals surface area contributed by atoms with Gasteiger partial charge >= 0.3 is 5.20 Å². The first-order valence-electron chi connectivity index (χ1n) is 24.0. The van der Waals surface area contributed by atoms with Crippen molar-refractivity contribution in [2.45, 2.75) is 23.6 Å². The number of aromatic nitrogens is 8.